The Labute approximate surface area is 143 Å². The predicted octanol–water partition coefficient (Wildman–Crippen LogP) is 3.09. The molecule has 24 heavy (non-hydrogen) atoms. The number of rotatable bonds is 6. The Bertz CT molecular complexity index is 827. The summed E-state index contributed by atoms with van der Waals surface area (Å²) in [6.45, 7) is 0.375. The van der Waals surface area contributed by atoms with Crippen molar-refractivity contribution in [2.75, 3.05) is 14.2 Å². The molecule has 0 atom stereocenters. The molecule has 0 bridgehead atoms. The Morgan fingerprint density at radius 1 is 1.21 bits per heavy atom. The smallest absolute Gasteiger partial charge is 0.272 e. The SMILES string of the molecule is COc1ccc(CNC(=O)c2cc(-c3cccs3)[nH]n2)cc1OC. The van der Waals surface area contributed by atoms with Crippen LogP contribution in [0.1, 0.15) is 16.1 Å². The molecule has 0 aliphatic rings. The van der Waals surface area contributed by atoms with Gasteiger partial charge in [0.15, 0.2) is 17.2 Å². The van der Waals surface area contributed by atoms with Crippen LogP contribution in [0.2, 0.25) is 0 Å². The predicted molar refractivity (Wildman–Crippen MR) is 92.6 cm³/mol. The van der Waals surface area contributed by atoms with Gasteiger partial charge in [-0.05, 0) is 35.2 Å². The Morgan fingerprint density at radius 3 is 2.75 bits per heavy atom. The largest absolute Gasteiger partial charge is 0.493 e. The van der Waals surface area contributed by atoms with Crippen molar-refractivity contribution < 1.29 is 14.3 Å². The first-order valence-electron chi connectivity index (χ1n) is 7.29. The highest BCUT2D eigenvalue weighted by Gasteiger charge is 2.12. The molecule has 0 fully saturated rings. The van der Waals surface area contributed by atoms with Crippen LogP contribution < -0.4 is 14.8 Å². The van der Waals surface area contributed by atoms with E-state index < -0.39 is 0 Å². The fraction of sp³-hybridized carbons (Fsp3) is 0.176. The first-order valence-corrected chi connectivity index (χ1v) is 8.17. The summed E-state index contributed by atoms with van der Waals surface area (Å²) in [6.07, 6.45) is 0. The van der Waals surface area contributed by atoms with Crippen LogP contribution in [0.4, 0.5) is 0 Å². The van der Waals surface area contributed by atoms with E-state index in [1.807, 2.05) is 35.7 Å². The fourth-order valence-electron chi connectivity index (χ4n) is 2.26. The molecule has 3 rings (SSSR count). The number of H-pyrrole nitrogens is 1. The summed E-state index contributed by atoms with van der Waals surface area (Å²) in [5.74, 6) is 1.05. The molecular formula is C17H17N3O3S. The van der Waals surface area contributed by atoms with E-state index in [2.05, 4.69) is 15.5 Å². The van der Waals surface area contributed by atoms with Gasteiger partial charge in [-0.2, -0.15) is 5.10 Å². The zero-order valence-corrected chi connectivity index (χ0v) is 14.1. The molecule has 6 nitrogen and oxygen atoms in total. The van der Waals surface area contributed by atoms with Gasteiger partial charge in [0, 0.05) is 6.54 Å². The summed E-state index contributed by atoms with van der Waals surface area (Å²) in [4.78, 5) is 13.3. The Morgan fingerprint density at radius 2 is 2.04 bits per heavy atom. The average Bonchev–Trinajstić information content (AvgIpc) is 3.30. The highest BCUT2D eigenvalue weighted by molar-refractivity contribution is 7.13. The number of nitrogens with zero attached hydrogens (tertiary/aromatic N) is 1. The number of ether oxygens (including phenoxy) is 2. The second-order valence-electron chi connectivity index (χ2n) is 5.02. The molecule has 0 saturated heterocycles. The van der Waals surface area contributed by atoms with Gasteiger partial charge in [-0.3, -0.25) is 9.89 Å². The Balaban J connectivity index is 1.65. The van der Waals surface area contributed by atoms with E-state index in [0.29, 0.717) is 23.7 Å². The van der Waals surface area contributed by atoms with Gasteiger partial charge in [0.2, 0.25) is 0 Å². The summed E-state index contributed by atoms with van der Waals surface area (Å²) in [7, 11) is 3.16. The van der Waals surface area contributed by atoms with Crippen LogP contribution in [0.15, 0.2) is 41.8 Å². The molecule has 1 amide bonds. The second-order valence-corrected chi connectivity index (χ2v) is 5.96. The van der Waals surface area contributed by atoms with Crippen LogP contribution in [0.3, 0.4) is 0 Å². The molecule has 2 aromatic heterocycles. The van der Waals surface area contributed by atoms with E-state index in [1.165, 1.54) is 0 Å². The molecule has 7 heteroatoms. The van der Waals surface area contributed by atoms with Gasteiger partial charge in [-0.15, -0.1) is 11.3 Å². The topological polar surface area (TPSA) is 76.2 Å². The van der Waals surface area contributed by atoms with E-state index >= 15 is 0 Å². The standard InChI is InChI=1S/C17H17N3O3S/c1-22-14-6-5-11(8-15(14)23-2)10-18-17(21)13-9-12(19-20-13)16-4-3-7-24-16/h3-9H,10H2,1-2H3,(H,18,21)(H,19,20). The number of benzene rings is 1. The molecule has 0 aliphatic carbocycles. The summed E-state index contributed by atoms with van der Waals surface area (Å²) in [5, 5.41) is 11.8. The van der Waals surface area contributed by atoms with Gasteiger partial charge in [0.05, 0.1) is 24.8 Å². The molecule has 0 unspecified atom stereocenters. The monoisotopic (exact) mass is 343 g/mol. The van der Waals surface area contributed by atoms with Crippen molar-refractivity contribution >= 4 is 17.2 Å². The molecule has 124 valence electrons. The molecule has 3 aromatic rings. The summed E-state index contributed by atoms with van der Waals surface area (Å²) < 4.78 is 10.5. The number of nitrogens with one attached hydrogen (secondary N) is 2. The van der Waals surface area contributed by atoms with Gasteiger partial charge in [0.1, 0.15) is 0 Å². The van der Waals surface area contributed by atoms with Crippen molar-refractivity contribution in [3.05, 3.63) is 53.0 Å². The summed E-state index contributed by atoms with van der Waals surface area (Å²) in [6, 6.07) is 11.2. The lowest BCUT2D eigenvalue weighted by atomic mass is 10.2. The zero-order valence-electron chi connectivity index (χ0n) is 13.3. The van der Waals surface area contributed by atoms with Crippen LogP contribution in [-0.2, 0) is 6.54 Å². The van der Waals surface area contributed by atoms with Crippen LogP contribution >= 0.6 is 11.3 Å². The van der Waals surface area contributed by atoms with Crippen LogP contribution in [-0.4, -0.2) is 30.3 Å². The van der Waals surface area contributed by atoms with Gasteiger partial charge in [-0.1, -0.05) is 12.1 Å². The number of hydrogen-bond acceptors (Lipinski definition) is 5. The number of amides is 1. The molecule has 1 aromatic carbocycles. The van der Waals surface area contributed by atoms with Crippen molar-refractivity contribution in [3.8, 4) is 22.1 Å². The van der Waals surface area contributed by atoms with Crippen molar-refractivity contribution in [3.63, 3.8) is 0 Å². The van der Waals surface area contributed by atoms with Crippen LogP contribution in [0.25, 0.3) is 10.6 Å². The zero-order chi connectivity index (χ0) is 16.9. The van der Waals surface area contributed by atoms with E-state index in [-0.39, 0.29) is 5.91 Å². The third-order valence-electron chi connectivity index (χ3n) is 3.50. The number of hydrogen-bond donors (Lipinski definition) is 2. The van der Waals surface area contributed by atoms with Gasteiger partial charge >= 0.3 is 0 Å². The highest BCUT2D eigenvalue weighted by atomic mass is 32.1. The number of aromatic nitrogens is 2. The fourth-order valence-corrected chi connectivity index (χ4v) is 2.95. The molecule has 0 spiro atoms. The van der Waals surface area contributed by atoms with Crippen molar-refractivity contribution in [1.29, 1.82) is 0 Å². The quantitative estimate of drug-likeness (QED) is 0.721. The third-order valence-corrected chi connectivity index (χ3v) is 4.40. The minimum Gasteiger partial charge on any atom is -0.493 e. The normalized spacial score (nSPS) is 10.4. The minimum atomic E-state index is -0.233. The minimum absolute atomic E-state index is 0.233. The summed E-state index contributed by atoms with van der Waals surface area (Å²) in [5.41, 5.74) is 2.11. The molecule has 0 radical (unpaired) electrons. The van der Waals surface area contributed by atoms with E-state index in [9.17, 15) is 4.79 Å². The lowest BCUT2D eigenvalue weighted by Crippen LogP contribution is -2.23. The molecule has 0 aliphatic heterocycles. The molecular weight excluding hydrogens is 326 g/mol. The van der Waals surface area contributed by atoms with Gasteiger partial charge < -0.3 is 14.8 Å². The van der Waals surface area contributed by atoms with Crippen LogP contribution in [0, 0.1) is 0 Å². The van der Waals surface area contributed by atoms with E-state index in [4.69, 9.17) is 9.47 Å². The Hall–Kier alpha value is -2.80. The lowest BCUT2D eigenvalue weighted by Gasteiger charge is -2.10. The molecule has 2 N–H and O–H groups in total. The number of aromatic amines is 1. The second kappa shape index (κ2) is 7.18. The van der Waals surface area contributed by atoms with Gasteiger partial charge in [-0.25, -0.2) is 0 Å². The van der Waals surface area contributed by atoms with Crippen molar-refractivity contribution in [2.24, 2.45) is 0 Å². The first kappa shape index (κ1) is 16.1. The third kappa shape index (κ3) is 3.41. The number of thiophene rings is 1. The number of carbonyl (C=O) groups excluding carboxylic acids is 1. The van der Waals surface area contributed by atoms with E-state index in [1.54, 1.807) is 31.6 Å². The van der Waals surface area contributed by atoms with Crippen molar-refractivity contribution in [2.45, 2.75) is 6.54 Å². The van der Waals surface area contributed by atoms with E-state index in [0.717, 1.165) is 16.1 Å². The maximum Gasteiger partial charge on any atom is 0.272 e. The van der Waals surface area contributed by atoms with Gasteiger partial charge in [0.25, 0.3) is 5.91 Å². The molecule has 0 saturated carbocycles. The average molecular weight is 343 g/mol. The van der Waals surface area contributed by atoms with Crippen molar-refractivity contribution in [1.82, 2.24) is 15.5 Å². The first-order chi connectivity index (χ1) is 11.7. The number of carbonyl (C=O) groups is 1. The maximum absolute atomic E-state index is 12.2. The highest BCUT2D eigenvalue weighted by Crippen LogP contribution is 2.27. The maximum atomic E-state index is 12.2. The Kier molecular flexibility index (Phi) is 4.81. The number of methoxy groups -OCH3 is 2. The summed E-state index contributed by atoms with van der Waals surface area (Å²) >= 11 is 1.59. The van der Waals surface area contributed by atoms with Crippen LogP contribution in [0.5, 0.6) is 11.5 Å². The lowest BCUT2D eigenvalue weighted by molar-refractivity contribution is 0.0946. The molecule has 2 heterocycles.